The van der Waals surface area contributed by atoms with Gasteiger partial charge in [0.15, 0.2) is 0 Å². The minimum atomic E-state index is -0.425. The zero-order valence-corrected chi connectivity index (χ0v) is 12.7. The van der Waals surface area contributed by atoms with Gasteiger partial charge < -0.3 is 5.32 Å². The molecule has 0 aliphatic rings. The molecule has 8 heteroatoms. The van der Waals surface area contributed by atoms with E-state index in [9.17, 15) is 4.79 Å². The average Bonchev–Trinajstić information content (AvgIpc) is 2.99. The second-order valence-corrected chi connectivity index (χ2v) is 5.59. The largest absolute Gasteiger partial charge is 0.325 e. The molecule has 0 unspecified atom stereocenters. The number of halogens is 1. The number of anilines is 2. The maximum atomic E-state index is 11.9. The van der Waals surface area contributed by atoms with Gasteiger partial charge in [-0.1, -0.05) is 35.1 Å². The van der Waals surface area contributed by atoms with E-state index < -0.39 is 6.03 Å². The third-order valence-corrected chi connectivity index (χ3v) is 3.91. The monoisotopic (exact) mass is 331 g/mol. The first kappa shape index (κ1) is 14.4. The van der Waals surface area contributed by atoms with Gasteiger partial charge in [0.25, 0.3) is 0 Å². The van der Waals surface area contributed by atoms with Crippen LogP contribution in [0.15, 0.2) is 48.8 Å². The van der Waals surface area contributed by atoms with Crippen molar-refractivity contribution in [3.63, 3.8) is 0 Å². The van der Waals surface area contributed by atoms with Gasteiger partial charge in [-0.05, 0) is 24.3 Å². The van der Waals surface area contributed by atoms with Gasteiger partial charge in [0.2, 0.25) is 5.13 Å². The molecule has 0 aliphatic carbocycles. The molecule has 0 atom stereocenters. The highest BCUT2D eigenvalue weighted by Gasteiger charge is 2.10. The Morgan fingerprint density at radius 3 is 2.59 bits per heavy atom. The fourth-order valence-electron chi connectivity index (χ4n) is 1.70. The molecule has 2 aromatic heterocycles. The first-order valence-corrected chi connectivity index (χ1v) is 7.48. The predicted octanol–water partition coefficient (Wildman–Crippen LogP) is 3.90. The third kappa shape index (κ3) is 3.38. The normalized spacial score (nSPS) is 10.2. The van der Waals surface area contributed by atoms with Crippen LogP contribution in [0.25, 0.3) is 10.6 Å². The van der Waals surface area contributed by atoms with Gasteiger partial charge >= 0.3 is 6.03 Å². The summed E-state index contributed by atoms with van der Waals surface area (Å²) in [4.78, 5) is 15.9. The third-order valence-electron chi connectivity index (χ3n) is 2.69. The molecule has 3 rings (SSSR count). The SMILES string of the molecule is O=C(Nc1nnc(-c2ccncc2)s1)Nc1ccccc1Cl. The molecule has 0 fully saturated rings. The number of para-hydroxylation sites is 1. The summed E-state index contributed by atoms with van der Waals surface area (Å²) in [6, 6.07) is 10.2. The summed E-state index contributed by atoms with van der Waals surface area (Å²) in [7, 11) is 0. The molecule has 6 nitrogen and oxygen atoms in total. The number of nitrogens with one attached hydrogen (secondary N) is 2. The van der Waals surface area contributed by atoms with E-state index in [1.165, 1.54) is 11.3 Å². The van der Waals surface area contributed by atoms with Gasteiger partial charge in [0.05, 0.1) is 10.7 Å². The van der Waals surface area contributed by atoms with Crippen molar-refractivity contribution in [1.29, 1.82) is 0 Å². The molecule has 0 spiro atoms. The lowest BCUT2D eigenvalue weighted by molar-refractivity contribution is 0.262. The zero-order valence-electron chi connectivity index (χ0n) is 11.2. The van der Waals surface area contributed by atoms with Crippen molar-refractivity contribution in [2.45, 2.75) is 0 Å². The first-order chi connectivity index (χ1) is 10.7. The van der Waals surface area contributed by atoms with Crippen LogP contribution in [0, 0.1) is 0 Å². The van der Waals surface area contributed by atoms with Crippen LogP contribution in [0.2, 0.25) is 5.02 Å². The molecular formula is C14H10ClN5OS. The van der Waals surface area contributed by atoms with Crippen LogP contribution in [0.3, 0.4) is 0 Å². The van der Waals surface area contributed by atoms with Crippen molar-refractivity contribution in [2.24, 2.45) is 0 Å². The molecule has 0 saturated carbocycles. The van der Waals surface area contributed by atoms with Crippen LogP contribution in [0.5, 0.6) is 0 Å². The van der Waals surface area contributed by atoms with Crippen molar-refractivity contribution >= 4 is 39.8 Å². The van der Waals surface area contributed by atoms with Crippen molar-refractivity contribution < 1.29 is 4.79 Å². The number of rotatable bonds is 3. The summed E-state index contributed by atoms with van der Waals surface area (Å²) in [5, 5.41) is 14.8. The van der Waals surface area contributed by atoms with Gasteiger partial charge in [0.1, 0.15) is 5.01 Å². The molecule has 0 aliphatic heterocycles. The Morgan fingerprint density at radius 1 is 1.05 bits per heavy atom. The fraction of sp³-hybridized carbons (Fsp3) is 0. The Kier molecular flexibility index (Phi) is 4.27. The highest BCUT2D eigenvalue weighted by Crippen LogP contribution is 2.26. The Bertz CT molecular complexity index is 793. The zero-order chi connectivity index (χ0) is 15.4. The number of carbonyl (C=O) groups is 1. The van der Waals surface area contributed by atoms with Gasteiger partial charge in [-0.15, -0.1) is 10.2 Å². The van der Waals surface area contributed by atoms with E-state index in [1.807, 2.05) is 12.1 Å². The second-order valence-electron chi connectivity index (χ2n) is 4.21. The van der Waals surface area contributed by atoms with Crippen LogP contribution in [-0.4, -0.2) is 21.2 Å². The number of benzene rings is 1. The molecule has 2 N–H and O–H groups in total. The number of hydrogen-bond acceptors (Lipinski definition) is 5. The van der Waals surface area contributed by atoms with Gasteiger partial charge in [-0.25, -0.2) is 4.79 Å². The molecule has 0 bridgehead atoms. The van der Waals surface area contributed by atoms with Gasteiger partial charge in [-0.2, -0.15) is 0 Å². The number of urea groups is 1. The van der Waals surface area contributed by atoms with E-state index in [0.717, 1.165) is 5.56 Å². The smallest absolute Gasteiger partial charge is 0.306 e. The quantitative estimate of drug-likeness (QED) is 0.762. The second kappa shape index (κ2) is 6.50. The summed E-state index contributed by atoms with van der Waals surface area (Å²) in [6.45, 7) is 0. The van der Waals surface area contributed by atoms with Crippen LogP contribution in [0.1, 0.15) is 0 Å². The maximum Gasteiger partial charge on any atom is 0.325 e. The summed E-state index contributed by atoms with van der Waals surface area (Å²) in [5.74, 6) is 0. The van der Waals surface area contributed by atoms with Crippen LogP contribution in [0.4, 0.5) is 15.6 Å². The van der Waals surface area contributed by atoms with Crippen molar-refractivity contribution in [3.8, 4) is 10.6 Å². The van der Waals surface area contributed by atoms with Crippen LogP contribution in [-0.2, 0) is 0 Å². The Labute approximate surface area is 135 Å². The average molecular weight is 332 g/mol. The highest BCUT2D eigenvalue weighted by atomic mass is 35.5. The van der Waals surface area contributed by atoms with E-state index >= 15 is 0 Å². The number of nitrogens with zero attached hydrogens (tertiary/aromatic N) is 3. The number of carbonyl (C=O) groups excluding carboxylic acids is 1. The fourth-order valence-corrected chi connectivity index (χ4v) is 2.63. The van der Waals surface area contributed by atoms with E-state index in [-0.39, 0.29) is 0 Å². The number of amides is 2. The molecule has 3 aromatic rings. The highest BCUT2D eigenvalue weighted by molar-refractivity contribution is 7.18. The van der Waals surface area contributed by atoms with E-state index in [1.54, 1.807) is 36.7 Å². The lowest BCUT2D eigenvalue weighted by Crippen LogP contribution is -2.19. The van der Waals surface area contributed by atoms with Gasteiger partial charge in [0, 0.05) is 18.0 Å². The molecular weight excluding hydrogens is 322 g/mol. The molecule has 2 heterocycles. The lowest BCUT2D eigenvalue weighted by atomic mass is 10.3. The standard InChI is InChI=1S/C14H10ClN5OS/c15-10-3-1-2-4-11(10)17-13(21)18-14-20-19-12(22-14)9-5-7-16-8-6-9/h1-8H,(H2,17,18,20,21). The first-order valence-electron chi connectivity index (χ1n) is 6.29. The minimum Gasteiger partial charge on any atom is -0.306 e. The van der Waals surface area contributed by atoms with Crippen molar-refractivity contribution in [1.82, 2.24) is 15.2 Å². The lowest BCUT2D eigenvalue weighted by Gasteiger charge is -2.06. The van der Waals surface area contributed by atoms with Crippen LogP contribution >= 0.6 is 22.9 Å². The van der Waals surface area contributed by atoms with E-state index in [0.29, 0.717) is 20.8 Å². The molecule has 0 saturated heterocycles. The number of hydrogen-bond donors (Lipinski definition) is 2. The van der Waals surface area contributed by atoms with Crippen molar-refractivity contribution in [2.75, 3.05) is 10.6 Å². The van der Waals surface area contributed by atoms with Gasteiger partial charge in [-0.3, -0.25) is 10.3 Å². The maximum absolute atomic E-state index is 11.9. The molecule has 110 valence electrons. The number of pyridine rings is 1. The molecule has 1 aromatic carbocycles. The summed E-state index contributed by atoms with van der Waals surface area (Å²) in [6.07, 6.45) is 3.35. The van der Waals surface area contributed by atoms with E-state index in [2.05, 4.69) is 25.8 Å². The predicted molar refractivity (Wildman–Crippen MR) is 87.2 cm³/mol. The topological polar surface area (TPSA) is 79.8 Å². The number of aromatic nitrogens is 3. The van der Waals surface area contributed by atoms with E-state index in [4.69, 9.17) is 11.6 Å². The summed E-state index contributed by atoms with van der Waals surface area (Å²) >= 11 is 7.26. The Morgan fingerprint density at radius 2 is 1.82 bits per heavy atom. The Balaban J connectivity index is 1.68. The summed E-state index contributed by atoms with van der Waals surface area (Å²) < 4.78 is 0. The minimum absolute atomic E-state index is 0.399. The van der Waals surface area contributed by atoms with Crippen LogP contribution < -0.4 is 10.6 Å². The van der Waals surface area contributed by atoms with Crippen molar-refractivity contribution in [3.05, 3.63) is 53.8 Å². The molecule has 0 radical (unpaired) electrons. The summed E-state index contributed by atoms with van der Waals surface area (Å²) in [5.41, 5.74) is 1.42. The molecule has 2 amide bonds. The Hall–Kier alpha value is -2.51. The molecule has 22 heavy (non-hydrogen) atoms.